The van der Waals surface area contributed by atoms with E-state index in [1.807, 2.05) is 26.8 Å². The summed E-state index contributed by atoms with van der Waals surface area (Å²) in [6.07, 6.45) is -1.87. The third kappa shape index (κ3) is 4.31. The van der Waals surface area contributed by atoms with E-state index in [1.165, 1.54) is 0 Å². The molecule has 1 atom stereocenters. The number of carbonyl (C=O) groups excluding carboxylic acids is 1. The summed E-state index contributed by atoms with van der Waals surface area (Å²) >= 11 is 0. The van der Waals surface area contributed by atoms with Gasteiger partial charge < -0.3 is 15.2 Å². The highest BCUT2D eigenvalue weighted by Gasteiger charge is 2.18. The first-order valence-corrected chi connectivity index (χ1v) is 5.10. The highest BCUT2D eigenvalue weighted by Crippen LogP contribution is 2.13. The molecule has 0 fully saturated rings. The van der Waals surface area contributed by atoms with E-state index in [0.29, 0.717) is 5.56 Å². The lowest BCUT2D eigenvalue weighted by Gasteiger charge is -2.21. The van der Waals surface area contributed by atoms with Crippen molar-refractivity contribution in [2.45, 2.75) is 32.6 Å². The van der Waals surface area contributed by atoms with Crippen molar-refractivity contribution in [3.05, 3.63) is 35.9 Å². The maximum Gasteiger partial charge on any atom is 0.410 e. The van der Waals surface area contributed by atoms with Crippen LogP contribution in [0.3, 0.4) is 0 Å². The van der Waals surface area contributed by atoms with Gasteiger partial charge in [-0.3, -0.25) is 0 Å². The van der Waals surface area contributed by atoms with Gasteiger partial charge >= 0.3 is 6.09 Å². The molecule has 0 spiro atoms. The standard InChI is InChI=1S/C12H17NO3/c1-12(2,3)13-11(15)16-10(14)9-7-5-4-6-8-9/h4-8,10,14H,1-3H3,(H,13,15). The first-order chi connectivity index (χ1) is 7.38. The highest BCUT2D eigenvalue weighted by atomic mass is 16.6. The SMILES string of the molecule is CC(C)(C)NC(=O)OC(O)c1ccccc1. The number of hydrogen-bond acceptors (Lipinski definition) is 3. The first kappa shape index (κ1) is 12.5. The second-order valence-corrected chi connectivity index (χ2v) is 4.54. The summed E-state index contributed by atoms with van der Waals surface area (Å²) in [5.74, 6) is 0. The molecule has 88 valence electrons. The Bertz CT molecular complexity index is 343. The highest BCUT2D eigenvalue weighted by molar-refractivity contribution is 5.68. The van der Waals surface area contributed by atoms with Crippen molar-refractivity contribution >= 4 is 6.09 Å². The summed E-state index contributed by atoms with van der Waals surface area (Å²) in [5, 5.41) is 12.2. The molecule has 0 saturated heterocycles. The minimum Gasteiger partial charge on any atom is -0.415 e. The lowest BCUT2D eigenvalue weighted by atomic mass is 10.1. The van der Waals surface area contributed by atoms with E-state index >= 15 is 0 Å². The van der Waals surface area contributed by atoms with Gasteiger partial charge in [-0.1, -0.05) is 30.3 Å². The molecule has 0 aliphatic heterocycles. The van der Waals surface area contributed by atoms with Gasteiger partial charge in [-0.05, 0) is 20.8 Å². The fraction of sp³-hybridized carbons (Fsp3) is 0.417. The Morgan fingerprint density at radius 2 is 1.88 bits per heavy atom. The Morgan fingerprint density at radius 1 is 1.31 bits per heavy atom. The van der Waals surface area contributed by atoms with E-state index < -0.39 is 12.4 Å². The average molecular weight is 223 g/mol. The van der Waals surface area contributed by atoms with Gasteiger partial charge in [0.15, 0.2) is 0 Å². The minimum absolute atomic E-state index is 0.381. The fourth-order valence-corrected chi connectivity index (χ4v) is 1.12. The first-order valence-electron chi connectivity index (χ1n) is 5.10. The summed E-state index contributed by atoms with van der Waals surface area (Å²) in [5.41, 5.74) is 0.166. The molecule has 1 unspecified atom stereocenters. The van der Waals surface area contributed by atoms with Crippen LogP contribution in [-0.2, 0) is 4.74 Å². The summed E-state index contributed by atoms with van der Waals surface area (Å²) in [4.78, 5) is 11.3. The van der Waals surface area contributed by atoms with Crippen LogP contribution in [0.15, 0.2) is 30.3 Å². The number of aliphatic hydroxyl groups is 1. The van der Waals surface area contributed by atoms with E-state index in [4.69, 9.17) is 4.74 Å². The van der Waals surface area contributed by atoms with Gasteiger partial charge in [-0.15, -0.1) is 0 Å². The van der Waals surface area contributed by atoms with Crippen LogP contribution in [0.1, 0.15) is 32.6 Å². The molecule has 0 aromatic heterocycles. The van der Waals surface area contributed by atoms with Crippen molar-refractivity contribution in [1.29, 1.82) is 0 Å². The zero-order chi connectivity index (χ0) is 12.2. The number of nitrogens with one attached hydrogen (secondary N) is 1. The maximum atomic E-state index is 11.3. The maximum absolute atomic E-state index is 11.3. The minimum atomic E-state index is -1.23. The van der Waals surface area contributed by atoms with Crippen molar-refractivity contribution in [2.75, 3.05) is 0 Å². The molecule has 1 aromatic rings. The monoisotopic (exact) mass is 223 g/mol. The van der Waals surface area contributed by atoms with Crippen molar-refractivity contribution < 1.29 is 14.6 Å². The molecule has 0 aliphatic carbocycles. The molecule has 2 N–H and O–H groups in total. The number of carbonyl (C=O) groups is 1. The Morgan fingerprint density at radius 3 is 2.38 bits per heavy atom. The van der Waals surface area contributed by atoms with Gasteiger partial charge in [-0.2, -0.15) is 0 Å². The molecule has 4 nitrogen and oxygen atoms in total. The predicted octanol–water partition coefficient (Wildman–Crippen LogP) is 2.20. The van der Waals surface area contributed by atoms with E-state index in [9.17, 15) is 9.90 Å². The summed E-state index contributed by atoms with van der Waals surface area (Å²) in [6, 6.07) is 8.74. The van der Waals surface area contributed by atoms with Crippen LogP contribution in [0.4, 0.5) is 4.79 Å². The van der Waals surface area contributed by atoms with Crippen LogP contribution in [-0.4, -0.2) is 16.7 Å². The second-order valence-electron chi connectivity index (χ2n) is 4.54. The van der Waals surface area contributed by atoms with Gasteiger partial charge in [0, 0.05) is 11.1 Å². The Balaban J connectivity index is 2.52. The number of ether oxygens (including phenoxy) is 1. The number of alkyl carbamates (subject to hydrolysis) is 1. The smallest absolute Gasteiger partial charge is 0.410 e. The topological polar surface area (TPSA) is 58.6 Å². The summed E-state index contributed by atoms with van der Waals surface area (Å²) < 4.78 is 4.82. The average Bonchev–Trinajstić information content (AvgIpc) is 2.16. The van der Waals surface area contributed by atoms with Crippen LogP contribution >= 0.6 is 0 Å². The van der Waals surface area contributed by atoms with Crippen LogP contribution < -0.4 is 5.32 Å². The van der Waals surface area contributed by atoms with Crippen molar-refractivity contribution in [3.63, 3.8) is 0 Å². The molecule has 1 amide bonds. The van der Waals surface area contributed by atoms with Gasteiger partial charge in [0.25, 0.3) is 0 Å². The molecule has 1 aromatic carbocycles. The summed E-state index contributed by atoms with van der Waals surface area (Å²) in [7, 11) is 0. The van der Waals surface area contributed by atoms with E-state index in [0.717, 1.165) is 0 Å². The Labute approximate surface area is 95.2 Å². The lowest BCUT2D eigenvalue weighted by Crippen LogP contribution is -2.41. The van der Waals surface area contributed by atoms with Crippen molar-refractivity contribution in [2.24, 2.45) is 0 Å². The van der Waals surface area contributed by atoms with Crippen molar-refractivity contribution in [3.8, 4) is 0 Å². The third-order valence-electron chi connectivity index (χ3n) is 1.78. The quantitative estimate of drug-likeness (QED) is 0.756. The molecule has 0 aliphatic rings. The van der Waals surface area contributed by atoms with Gasteiger partial charge in [0.2, 0.25) is 6.29 Å². The number of aliphatic hydroxyl groups excluding tert-OH is 1. The van der Waals surface area contributed by atoms with Crippen LogP contribution in [0, 0.1) is 0 Å². The molecule has 0 bridgehead atoms. The van der Waals surface area contributed by atoms with Crippen LogP contribution in [0.25, 0.3) is 0 Å². The third-order valence-corrected chi connectivity index (χ3v) is 1.78. The molecular weight excluding hydrogens is 206 g/mol. The molecule has 0 radical (unpaired) electrons. The van der Waals surface area contributed by atoms with Crippen LogP contribution in [0.5, 0.6) is 0 Å². The largest absolute Gasteiger partial charge is 0.415 e. The number of rotatable bonds is 2. The predicted molar refractivity (Wildman–Crippen MR) is 60.8 cm³/mol. The van der Waals surface area contributed by atoms with Gasteiger partial charge in [0.05, 0.1) is 0 Å². The fourth-order valence-electron chi connectivity index (χ4n) is 1.12. The lowest BCUT2D eigenvalue weighted by molar-refractivity contribution is -0.0562. The zero-order valence-corrected chi connectivity index (χ0v) is 9.73. The van der Waals surface area contributed by atoms with Crippen LogP contribution in [0.2, 0.25) is 0 Å². The zero-order valence-electron chi connectivity index (χ0n) is 9.73. The Kier molecular flexibility index (Phi) is 3.90. The molecule has 1 rings (SSSR count). The van der Waals surface area contributed by atoms with Gasteiger partial charge in [-0.25, -0.2) is 4.79 Å². The van der Waals surface area contributed by atoms with E-state index in [-0.39, 0.29) is 5.54 Å². The summed E-state index contributed by atoms with van der Waals surface area (Å²) in [6.45, 7) is 5.51. The number of hydrogen-bond donors (Lipinski definition) is 2. The molecule has 4 heteroatoms. The second kappa shape index (κ2) is 4.99. The Hall–Kier alpha value is -1.55. The normalized spacial score (nSPS) is 13.0. The van der Waals surface area contributed by atoms with Gasteiger partial charge in [0.1, 0.15) is 0 Å². The van der Waals surface area contributed by atoms with Crippen molar-refractivity contribution in [1.82, 2.24) is 5.32 Å². The van der Waals surface area contributed by atoms with E-state index in [2.05, 4.69) is 5.32 Å². The molecule has 0 saturated carbocycles. The molecular formula is C12H17NO3. The number of amides is 1. The molecule has 0 heterocycles. The van der Waals surface area contributed by atoms with E-state index in [1.54, 1.807) is 24.3 Å². The molecule has 16 heavy (non-hydrogen) atoms. The number of benzene rings is 1.